The van der Waals surface area contributed by atoms with E-state index in [4.69, 9.17) is 0 Å². The van der Waals surface area contributed by atoms with Gasteiger partial charge in [-0.25, -0.2) is 12.8 Å². The van der Waals surface area contributed by atoms with Crippen molar-refractivity contribution in [2.45, 2.75) is 12.5 Å². The van der Waals surface area contributed by atoms with E-state index in [9.17, 15) is 17.6 Å². The van der Waals surface area contributed by atoms with E-state index < -0.39 is 21.8 Å². The lowest BCUT2D eigenvalue weighted by atomic mass is 9.97. The molecular formula is C18H18FNO3S. The van der Waals surface area contributed by atoms with E-state index in [1.807, 2.05) is 30.3 Å². The van der Waals surface area contributed by atoms with Gasteiger partial charge < -0.3 is 5.32 Å². The number of amides is 1. The number of rotatable bonds is 4. The highest BCUT2D eigenvalue weighted by Crippen LogP contribution is 2.25. The van der Waals surface area contributed by atoms with Crippen LogP contribution in [0.4, 0.5) is 4.39 Å². The molecule has 0 radical (unpaired) electrons. The third-order valence-electron chi connectivity index (χ3n) is 4.23. The largest absolute Gasteiger partial charge is 0.345 e. The molecule has 0 bridgehead atoms. The molecule has 1 N–H and O–H groups in total. The molecule has 2 atom stereocenters. The average Bonchev–Trinajstić information content (AvgIpc) is 2.94. The lowest BCUT2D eigenvalue weighted by molar-refractivity contribution is -0.124. The Bertz CT molecular complexity index is 819. The second-order valence-corrected chi connectivity index (χ2v) is 8.23. The standard InChI is InChI=1S/C18H18FNO3S/c19-16-8-6-14(7-9-16)17(13-4-2-1-3-5-13)20-18(21)15-10-11-24(22,23)12-15/h1-9,15,17H,10-12H2,(H,20,21). The Kier molecular flexibility index (Phi) is 4.66. The summed E-state index contributed by atoms with van der Waals surface area (Å²) in [5, 5.41) is 2.92. The van der Waals surface area contributed by atoms with Crippen molar-refractivity contribution in [1.82, 2.24) is 5.32 Å². The summed E-state index contributed by atoms with van der Waals surface area (Å²) in [5.41, 5.74) is 1.61. The summed E-state index contributed by atoms with van der Waals surface area (Å²) in [5.74, 6) is -1.21. The van der Waals surface area contributed by atoms with Gasteiger partial charge in [-0.2, -0.15) is 0 Å². The van der Waals surface area contributed by atoms with Crippen LogP contribution in [-0.2, 0) is 14.6 Å². The molecule has 4 nitrogen and oxygen atoms in total. The van der Waals surface area contributed by atoms with E-state index in [1.165, 1.54) is 12.1 Å². The fourth-order valence-electron chi connectivity index (χ4n) is 2.92. The highest BCUT2D eigenvalue weighted by Gasteiger charge is 2.34. The van der Waals surface area contributed by atoms with Crippen LogP contribution in [0.25, 0.3) is 0 Å². The zero-order chi connectivity index (χ0) is 17.2. The maximum absolute atomic E-state index is 13.2. The highest BCUT2D eigenvalue weighted by molar-refractivity contribution is 7.91. The molecule has 0 aromatic heterocycles. The zero-order valence-electron chi connectivity index (χ0n) is 13.0. The zero-order valence-corrected chi connectivity index (χ0v) is 13.8. The minimum absolute atomic E-state index is 0.0532. The number of hydrogen-bond donors (Lipinski definition) is 1. The van der Waals surface area contributed by atoms with E-state index in [-0.39, 0.29) is 23.2 Å². The first-order valence-electron chi connectivity index (χ1n) is 7.76. The molecule has 0 aliphatic carbocycles. The third kappa shape index (κ3) is 3.82. The van der Waals surface area contributed by atoms with E-state index in [1.54, 1.807) is 12.1 Å². The first-order valence-corrected chi connectivity index (χ1v) is 9.58. The molecule has 1 fully saturated rings. The molecule has 24 heavy (non-hydrogen) atoms. The second kappa shape index (κ2) is 6.73. The SMILES string of the molecule is O=C(NC(c1ccccc1)c1ccc(F)cc1)C1CCS(=O)(=O)C1. The Morgan fingerprint density at radius 1 is 1.04 bits per heavy atom. The van der Waals surface area contributed by atoms with Crippen LogP contribution in [-0.4, -0.2) is 25.8 Å². The maximum Gasteiger partial charge on any atom is 0.224 e. The Labute approximate surface area is 140 Å². The van der Waals surface area contributed by atoms with Crippen molar-refractivity contribution in [3.8, 4) is 0 Å². The van der Waals surface area contributed by atoms with Crippen LogP contribution in [0.5, 0.6) is 0 Å². The third-order valence-corrected chi connectivity index (χ3v) is 5.99. The van der Waals surface area contributed by atoms with Gasteiger partial charge in [0.1, 0.15) is 5.82 Å². The van der Waals surface area contributed by atoms with E-state index >= 15 is 0 Å². The lowest BCUT2D eigenvalue weighted by Gasteiger charge is -2.21. The van der Waals surface area contributed by atoms with Gasteiger partial charge in [0.15, 0.2) is 9.84 Å². The van der Waals surface area contributed by atoms with Crippen molar-refractivity contribution in [2.24, 2.45) is 5.92 Å². The minimum Gasteiger partial charge on any atom is -0.345 e. The molecule has 2 unspecified atom stereocenters. The molecule has 1 amide bonds. The average molecular weight is 347 g/mol. The van der Waals surface area contributed by atoms with E-state index in [0.29, 0.717) is 6.42 Å². The van der Waals surface area contributed by atoms with Crippen molar-refractivity contribution in [1.29, 1.82) is 0 Å². The van der Waals surface area contributed by atoms with Gasteiger partial charge in [0.05, 0.1) is 23.5 Å². The first kappa shape index (κ1) is 16.6. The van der Waals surface area contributed by atoms with Gasteiger partial charge in [0, 0.05) is 0 Å². The number of carbonyl (C=O) groups is 1. The molecule has 2 aromatic rings. The van der Waals surface area contributed by atoms with Crippen molar-refractivity contribution in [3.05, 3.63) is 71.5 Å². The lowest BCUT2D eigenvalue weighted by Crippen LogP contribution is -2.35. The van der Waals surface area contributed by atoms with Gasteiger partial charge in [-0.1, -0.05) is 42.5 Å². The topological polar surface area (TPSA) is 63.2 Å². The summed E-state index contributed by atoms with van der Waals surface area (Å²) in [7, 11) is -3.12. The summed E-state index contributed by atoms with van der Waals surface area (Å²) in [4.78, 5) is 12.5. The molecule has 1 heterocycles. The van der Waals surface area contributed by atoms with Crippen molar-refractivity contribution < 1.29 is 17.6 Å². The van der Waals surface area contributed by atoms with Gasteiger partial charge in [-0.3, -0.25) is 4.79 Å². The fraction of sp³-hybridized carbons (Fsp3) is 0.278. The predicted molar refractivity (Wildman–Crippen MR) is 89.6 cm³/mol. The van der Waals surface area contributed by atoms with Crippen LogP contribution < -0.4 is 5.32 Å². The molecule has 1 saturated heterocycles. The second-order valence-electron chi connectivity index (χ2n) is 6.00. The Morgan fingerprint density at radius 2 is 1.67 bits per heavy atom. The fourth-order valence-corrected chi connectivity index (χ4v) is 4.66. The van der Waals surface area contributed by atoms with Crippen LogP contribution in [0, 0.1) is 11.7 Å². The summed E-state index contributed by atoms with van der Waals surface area (Å²) >= 11 is 0. The molecule has 2 aromatic carbocycles. The van der Waals surface area contributed by atoms with Crippen LogP contribution >= 0.6 is 0 Å². The Morgan fingerprint density at radius 3 is 2.25 bits per heavy atom. The number of benzene rings is 2. The van der Waals surface area contributed by atoms with Gasteiger partial charge in [0.25, 0.3) is 0 Å². The summed E-state index contributed by atoms with van der Waals surface area (Å²) < 4.78 is 36.4. The van der Waals surface area contributed by atoms with Crippen LogP contribution in [0.3, 0.4) is 0 Å². The molecular weight excluding hydrogens is 329 g/mol. The normalized spacial score (nSPS) is 20.5. The monoisotopic (exact) mass is 347 g/mol. The number of halogens is 1. The van der Waals surface area contributed by atoms with Gasteiger partial charge in [-0.15, -0.1) is 0 Å². The molecule has 1 aliphatic heterocycles. The first-order chi connectivity index (χ1) is 11.4. The van der Waals surface area contributed by atoms with Gasteiger partial charge >= 0.3 is 0 Å². The molecule has 0 saturated carbocycles. The summed E-state index contributed by atoms with van der Waals surface area (Å²) in [6.07, 6.45) is 0.346. The molecule has 126 valence electrons. The molecule has 3 rings (SSSR count). The highest BCUT2D eigenvalue weighted by atomic mass is 32.2. The number of sulfone groups is 1. The van der Waals surface area contributed by atoms with Crippen LogP contribution in [0.15, 0.2) is 54.6 Å². The van der Waals surface area contributed by atoms with Gasteiger partial charge in [0.2, 0.25) is 5.91 Å². The van der Waals surface area contributed by atoms with E-state index in [2.05, 4.69) is 5.32 Å². The smallest absolute Gasteiger partial charge is 0.224 e. The van der Waals surface area contributed by atoms with Crippen molar-refractivity contribution >= 4 is 15.7 Å². The molecule has 6 heteroatoms. The van der Waals surface area contributed by atoms with Crippen LogP contribution in [0.2, 0.25) is 0 Å². The summed E-state index contributed by atoms with van der Waals surface area (Å²) in [6.45, 7) is 0. The minimum atomic E-state index is -3.12. The predicted octanol–water partition coefficient (Wildman–Crippen LogP) is 2.47. The number of hydrogen-bond acceptors (Lipinski definition) is 3. The Hall–Kier alpha value is -2.21. The maximum atomic E-state index is 13.2. The Balaban J connectivity index is 1.85. The van der Waals surface area contributed by atoms with Gasteiger partial charge in [-0.05, 0) is 29.7 Å². The number of carbonyl (C=O) groups excluding carboxylic acids is 1. The van der Waals surface area contributed by atoms with Crippen molar-refractivity contribution in [2.75, 3.05) is 11.5 Å². The van der Waals surface area contributed by atoms with Crippen molar-refractivity contribution in [3.63, 3.8) is 0 Å². The molecule has 0 spiro atoms. The quantitative estimate of drug-likeness (QED) is 0.924. The molecule has 1 aliphatic rings. The number of nitrogens with one attached hydrogen (secondary N) is 1. The summed E-state index contributed by atoms with van der Waals surface area (Å²) in [6, 6.07) is 14.8. The van der Waals surface area contributed by atoms with E-state index in [0.717, 1.165) is 11.1 Å². The van der Waals surface area contributed by atoms with Crippen LogP contribution in [0.1, 0.15) is 23.6 Å².